The molecule has 0 spiro atoms. The molecule has 5 rings (SSSR count). The molecule has 1 aliphatic carbocycles. The normalized spacial score (nSPS) is 16.4. The number of benzene rings is 3. The Morgan fingerprint density at radius 1 is 0.925 bits per heavy atom. The van der Waals surface area contributed by atoms with Crippen LogP contribution in [0.3, 0.4) is 0 Å². The summed E-state index contributed by atoms with van der Waals surface area (Å²) in [4.78, 5) is 16.4. The molecule has 3 aromatic rings. The van der Waals surface area contributed by atoms with Gasteiger partial charge < -0.3 is 18.9 Å². The Bertz CT molecular complexity index is 1360. The number of rotatable bonds is 13. The zero-order valence-corrected chi connectivity index (χ0v) is 23.4. The van der Waals surface area contributed by atoms with Crippen LogP contribution in [-0.4, -0.2) is 39.0 Å². The van der Waals surface area contributed by atoms with Crippen LogP contribution >= 0.6 is 0 Å². The van der Waals surface area contributed by atoms with Crippen molar-refractivity contribution in [1.82, 2.24) is 0 Å². The number of carbonyl (C=O) groups is 1. The molecule has 0 aromatic heterocycles. The molecule has 1 saturated heterocycles. The number of fused-ring (bicyclic) bond motifs is 3. The topological polar surface area (TPSA) is 58.4 Å². The molecule has 1 aliphatic heterocycles. The standard InChI is InChI=1S/C34H37NO5/c1-4-34(22-38-23-34)21-37-17-7-5-6-8-18-39-27-11-13-28(14-12-27)40-33(36)25-9-15-29-30-16-10-26(35-3)20-32(30)24(2)31(29)19-25/h9-16,19-20,24H,4-8,17-18,21-23H2,1-2H3. The number of carbonyl (C=O) groups excluding carboxylic acids is 1. The number of ether oxygens (including phenoxy) is 4. The summed E-state index contributed by atoms with van der Waals surface area (Å²) >= 11 is 0. The van der Waals surface area contributed by atoms with Gasteiger partial charge in [0.15, 0.2) is 5.69 Å². The van der Waals surface area contributed by atoms with E-state index in [0.29, 0.717) is 23.6 Å². The molecule has 6 heteroatoms. The predicted octanol–water partition coefficient (Wildman–Crippen LogP) is 7.97. The average Bonchev–Trinajstić information content (AvgIpc) is 3.24. The maximum absolute atomic E-state index is 12.9. The van der Waals surface area contributed by atoms with Crippen LogP contribution in [0.1, 0.15) is 73.4 Å². The number of hydrogen-bond donors (Lipinski definition) is 0. The maximum Gasteiger partial charge on any atom is 0.343 e. The Kier molecular flexibility index (Phi) is 8.84. The maximum atomic E-state index is 12.9. The highest BCUT2D eigenvalue weighted by Gasteiger charge is 2.36. The molecule has 1 atom stereocenters. The predicted molar refractivity (Wildman–Crippen MR) is 155 cm³/mol. The fourth-order valence-electron chi connectivity index (χ4n) is 5.37. The molecule has 0 saturated carbocycles. The summed E-state index contributed by atoms with van der Waals surface area (Å²) in [6.07, 6.45) is 5.41. The van der Waals surface area contributed by atoms with E-state index in [1.807, 2.05) is 42.5 Å². The molecule has 40 heavy (non-hydrogen) atoms. The van der Waals surface area contributed by atoms with Gasteiger partial charge in [-0.2, -0.15) is 0 Å². The average molecular weight is 540 g/mol. The van der Waals surface area contributed by atoms with Gasteiger partial charge in [0, 0.05) is 17.9 Å². The highest BCUT2D eigenvalue weighted by Crippen LogP contribution is 2.46. The first-order valence-electron chi connectivity index (χ1n) is 14.3. The largest absolute Gasteiger partial charge is 0.494 e. The first-order valence-corrected chi connectivity index (χ1v) is 14.3. The fourth-order valence-corrected chi connectivity index (χ4v) is 5.37. The van der Waals surface area contributed by atoms with Crippen LogP contribution in [0.25, 0.3) is 16.0 Å². The number of unbranched alkanes of at least 4 members (excludes halogenated alkanes) is 3. The molecule has 0 amide bonds. The first kappa shape index (κ1) is 27.9. The molecule has 0 N–H and O–H groups in total. The summed E-state index contributed by atoms with van der Waals surface area (Å²) in [5.41, 5.74) is 5.84. The van der Waals surface area contributed by atoms with Crippen molar-refractivity contribution in [2.75, 3.05) is 33.0 Å². The van der Waals surface area contributed by atoms with Gasteiger partial charge in [-0.3, -0.25) is 0 Å². The van der Waals surface area contributed by atoms with Crippen molar-refractivity contribution in [3.8, 4) is 22.6 Å². The Labute approximate surface area is 237 Å². The smallest absolute Gasteiger partial charge is 0.343 e. The van der Waals surface area contributed by atoms with Gasteiger partial charge in [-0.25, -0.2) is 9.64 Å². The molecule has 3 aromatic carbocycles. The van der Waals surface area contributed by atoms with Crippen molar-refractivity contribution in [1.29, 1.82) is 0 Å². The molecule has 0 bridgehead atoms. The van der Waals surface area contributed by atoms with E-state index in [0.717, 1.165) is 86.5 Å². The van der Waals surface area contributed by atoms with Crippen molar-refractivity contribution in [2.45, 2.75) is 51.9 Å². The van der Waals surface area contributed by atoms with Crippen molar-refractivity contribution in [3.63, 3.8) is 0 Å². The van der Waals surface area contributed by atoms with Gasteiger partial charge in [0.1, 0.15) is 11.5 Å². The van der Waals surface area contributed by atoms with Gasteiger partial charge in [0.2, 0.25) is 0 Å². The van der Waals surface area contributed by atoms with Crippen LogP contribution in [0.15, 0.2) is 60.7 Å². The lowest BCUT2D eigenvalue weighted by Gasteiger charge is -2.40. The van der Waals surface area contributed by atoms with Gasteiger partial charge >= 0.3 is 5.97 Å². The third kappa shape index (κ3) is 6.22. The summed E-state index contributed by atoms with van der Waals surface area (Å²) in [6.45, 7) is 15.6. The second kappa shape index (κ2) is 12.7. The molecular formula is C34H37NO5. The zero-order valence-electron chi connectivity index (χ0n) is 23.4. The second-order valence-electron chi connectivity index (χ2n) is 10.9. The van der Waals surface area contributed by atoms with Gasteiger partial charge in [0.25, 0.3) is 0 Å². The quantitative estimate of drug-likeness (QED) is 0.0954. The molecule has 1 unspecified atom stereocenters. The van der Waals surface area contributed by atoms with Crippen LogP contribution in [0.5, 0.6) is 11.5 Å². The molecular weight excluding hydrogens is 502 g/mol. The van der Waals surface area contributed by atoms with E-state index in [4.69, 9.17) is 25.5 Å². The first-order chi connectivity index (χ1) is 19.5. The summed E-state index contributed by atoms with van der Waals surface area (Å²) in [6, 6.07) is 18.7. The van der Waals surface area contributed by atoms with E-state index in [9.17, 15) is 4.79 Å². The minimum Gasteiger partial charge on any atom is -0.494 e. The van der Waals surface area contributed by atoms with Crippen molar-refractivity contribution in [2.24, 2.45) is 5.41 Å². The number of hydrogen-bond acceptors (Lipinski definition) is 5. The lowest BCUT2D eigenvalue weighted by atomic mass is 9.84. The van der Waals surface area contributed by atoms with E-state index in [2.05, 4.69) is 18.7 Å². The van der Waals surface area contributed by atoms with E-state index < -0.39 is 5.97 Å². The number of esters is 1. The lowest BCUT2D eigenvalue weighted by Crippen LogP contribution is -2.45. The molecule has 6 nitrogen and oxygen atoms in total. The second-order valence-corrected chi connectivity index (χ2v) is 10.9. The van der Waals surface area contributed by atoms with Gasteiger partial charge in [-0.05, 0) is 84.3 Å². The van der Waals surface area contributed by atoms with Crippen molar-refractivity contribution < 1.29 is 23.7 Å². The lowest BCUT2D eigenvalue weighted by molar-refractivity contribution is -0.150. The van der Waals surface area contributed by atoms with Crippen LogP contribution < -0.4 is 9.47 Å². The van der Waals surface area contributed by atoms with Gasteiger partial charge in [-0.15, -0.1) is 0 Å². The van der Waals surface area contributed by atoms with Crippen molar-refractivity contribution in [3.05, 3.63) is 88.8 Å². The third-order valence-electron chi connectivity index (χ3n) is 8.14. The van der Waals surface area contributed by atoms with E-state index in [1.54, 1.807) is 18.2 Å². The van der Waals surface area contributed by atoms with Crippen LogP contribution in [0, 0.1) is 12.0 Å². The Balaban J connectivity index is 1.03. The Morgan fingerprint density at radius 2 is 1.60 bits per heavy atom. The molecule has 1 fully saturated rings. The monoisotopic (exact) mass is 539 g/mol. The van der Waals surface area contributed by atoms with E-state index in [1.165, 1.54) is 0 Å². The molecule has 208 valence electrons. The zero-order chi connectivity index (χ0) is 28.0. The summed E-state index contributed by atoms with van der Waals surface area (Å²) in [5.74, 6) is 0.967. The molecule has 1 heterocycles. The van der Waals surface area contributed by atoms with E-state index in [-0.39, 0.29) is 11.3 Å². The summed E-state index contributed by atoms with van der Waals surface area (Å²) in [7, 11) is 0. The number of nitrogens with zero attached hydrogens (tertiary/aromatic N) is 1. The van der Waals surface area contributed by atoms with E-state index >= 15 is 0 Å². The minimum absolute atomic E-state index is 0.116. The van der Waals surface area contributed by atoms with Crippen LogP contribution in [0.2, 0.25) is 0 Å². The highest BCUT2D eigenvalue weighted by molar-refractivity contribution is 5.93. The SMILES string of the molecule is [C-]#[N+]c1ccc2c(c1)C(C)c1cc(C(=O)Oc3ccc(OCCCCCCOCC4(CC)COC4)cc3)ccc1-2. The Morgan fingerprint density at radius 3 is 2.27 bits per heavy atom. The fraction of sp³-hybridized carbons (Fsp3) is 0.412. The van der Waals surface area contributed by atoms with Gasteiger partial charge in [-0.1, -0.05) is 44.5 Å². The minimum atomic E-state index is -0.392. The highest BCUT2D eigenvalue weighted by atomic mass is 16.5. The molecule has 2 aliphatic rings. The molecule has 0 radical (unpaired) electrons. The third-order valence-corrected chi connectivity index (χ3v) is 8.14. The summed E-state index contributed by atoms with van der Waals surface area (Å²) in [5, 5.41) is 0. The van der Waals surface area contributed by atoms with Crippen LogP contribution in [-0.2, 0) is 9.47 Å². The Hall–Kier alpha value is -3.66. The summed E-state index contributed by atoms with van der Waals surface area (Å²) < 4.78 is 22.7. The van der Waals surface area contributed by atoms with Gasteiger partial charge in [0.05, 0.1) is 38.6 Å². The van der Waals surface area contributed by atoms with Crippen molar-refractivity contribution >= 4 is 11.7 Å². The van der Waals surface area contributed by atoms with Crippen LogP contribution in [0.4, 0.5) is 5.69 Å².